The second-order valence-corrected chi connectivity index (χ2v) is 6.90. The summed E-state index contributed by atoms with van der Waals surface area (Å²) in [4.78, 5) is 2.00. The van der Waals surface area contributed by atoms with Crippen LogP contribution in [-0.2, 0) is 6.18 Å². The number of nitrogens with one attached hydrogen (secondary N) is 1. The number of methoxy groups -OCH3 is 1. The normalized spacial score (nSPS) is 15.5. The second kappa shape index (κ2) is 8.17. The topological polar surface area (TPSA) is 24.5 Å². The summed E-state index contributed by atoms with van der Waals surface area (Å²) in [5, 5.41) is 3.39. The van der Waals surface area contributed by atoms with Crippen molar-refractivity contribution in [2.24, 2.45) is 0 Å². The molecule has 3 nitrogen and oxygen atoms in total. The van der Waals surface area contributed by atoms with E-state index in [2.05, 4.69) is 11.4 Å². The van der Waals surface area contributed by atoms with Crippen molar-refractivity contribution in [2.45, 2.75) is 24.9 Å². The number of anilines is 1. The summed E-state index contributed by atoms with van der Waals surface area (Å²) >= 11 is 5.41. The van der Waals surface area contributed by atoms with Gasteiger partial charge in [-0.25, -0.2) is 0 Å². The molecular weight excluding hydrogens is 373 g/mol. The molecule has 1 N–H and O–H groups in total. The lowest BCUT2D eigenvalue weighted by Gasteiger charge is -2.34. The first-order valence-electron chi connectivity index (χ1n) is 8.74. The van der Waals surface area contributed by atoms with Crippen molar-refractivity contribution in [3.8, 4) is 5.75 Å². The first-order valence-corrected chi connectivity index (χ1v) is 9.15. The molecule has 0 atom stereocenters. The predicted octanol–water partition coefficient (Wildman–Crippen LogP) is 5.29. The van der Waals surface area contributed by atoms with Crippen LogP contribution in [0.25, 0.3) is 0 Å². The van der Waals surface area contributed by atoms with E-state index in [0.29, 0.717) is 16.7 Å². The zero-order valence-corrected chi connectivity index (χ0v) is 15.7. The van der Waals surface area contributed by atoms with E-state index in [4.69, 9.17) is 17.0 Å². The summed E-state index contributed by atoms with van der Waals surface area (Å²) in [7, 11) is 1.67. The maximum absolute atomic E-state index is 12.8. The highest BCUT2D eigenvalue weighted by atomic mass is 32.1. The van der Waals surface area contributed by atoms with Crippen LogP contribution in [0.2, 0.25) is 0 Å². The lowest BCUT2D eigenvalue weighted by Crippen LogP contribution is -2.40. The summed E-state index contributed by atoms with van der Waals surface area (Å²) in [5.74, 6) is 1.27. The van der Waals surface area contributed by atoms with Gasteiger partial charge in [0.15, 0.2) is 5.11 Å². The van der Waals surface area contributed by atoms with Crippen molar-refractivity contribution in [2.75, 3.05) is 25.5 Å². The molecule has 2 aromatic carbocycles. The van der Waals surface area contributed by atoms with Crippen LogP contribution >= 0.6 is 12.2 Å². The van der Waals surface area contributed by atoms with E-state index in [-0.39, 0.29) is 0 Å². The predicted molar refractivity (Wildman–Crippen MR) is 104 cm³/mol. The first kappa shape index (κ1) is 19.5. The molecule has 1 aliphatic heterocycles. The second-order valence-electron chi connectivity index (χ2n) is 6.51. The number of para-hydroxylation sites is 1. The molecule has 1 aliphatic rings. The van der Waals surface area contributed by atoms with E-state index >= 15 is 0 Å². The fourth-order valence-corrected chi connectivity index (χ4v) is 3.67. The fourth-order valence-electron chi connectivity index (χ4n) is 3.37. The summed E-state index contributed by atoms with van der Waals surface area (Å²) in [6, 6.07) is 13.1. The molecule has 0 saturated carbocycles. The van der Waals surface area contributed by atoms with Crippen molar-refractivity contribution in [3.05, 3.63) is 59.7 Å². The molecule has 0 bridgehead atoms. The van der Waals surface area contributed by atoms with Gasteiger partial charge in [0, 0.05) is 18.8 Å². The van der Waals surface area contributed by atoms with E-state index in [1.807, 2.05) is 23.1 Å². The quantitative estimate of drug-likeness (QED) is 0.715. The maximum Gasteiger partial charge on any atom is 0.416 e. The Kier molecular flexibility index (Phi) is 5.89. The van der Waals surface area contributed by atoms with Crippen LogP contribution in [0.4, 0.5) is 18.9 Å². The summed E-state index contributed by atoms with van der Waals surface area (Å²) in [5.41, 5.74) is 0.850. The standard InChI is InChI=1S/C20H21F3N2OS/c1-26-18-8-3-2-7-17(18)14-9-11-25(12-10-14)19(27)24-16-6-4-5-15(13-16)20(21,22)23/h2-8,13-14H,9-12H2,1H3,(H,24,27). The molecule has 1 heterocycles. The lowest BCUT2D eigenvalue weighted by molar-refractivity contribution is -0.137. The van der Waals surface area contributed by atoms with Crippen molar-refractivity contribution < 1.29 is 17.9 Å². The van der Waals surface area contributed by atoms with Gasteiger partial charge in [-0.1, -0.05) is 24.3 Å². The Labute approximate surface area is 162 Å². The van der Waals surface area contributed by atoms with Crippen LogP contribution in [-0.4, -0.2) is 30.2 Å². The number of thiocarbonyl (C=S) groups is 1. The Bertz CT molecular complexity index is 802. The molecule has 0 aliphatic carbocycles. The number of ether oxygens (including phenoxy) is 1. The van der Waals surface area contributed by atoms with E-state index in [9.17, 15) is 13.2 Å². The number of halogens is 3. The Hall–Kier alpha value is -2.28. The van der Waals surface area contributed by atoms with Gasteiger partial charge in [-0.05, 0) is 60.8 Å². The van der Waals surface area contributed by atoms with Crippen LogP contribution in [0.3, 0.4) is 0 Å². The largest absolute Gasteiger partial charge is 0.496 e. The monoisotopic (exact) mass is 394 g/mol. The fraction of sp³-hybridized carbons (Fsp3) is 0.350. The SMILES string of the molecule is COc1ccccc1C1CCN(C(=S)Nc2cccc(C(F)(F)F)c2)CC1. The van der Waals surface area contributed by atoms with Crippen LogP contribution in [0.1, 0.15) is 29.9 Å². The molecule has 2 aromatic rings. The average molecular weight is 394 g/mol. The Morgan fingerprint density at radius 2 is 1.81 bits per heavy atom. The Morgan fingerprint density at radius 1 is 1.11 bits per heavy atom. The minimum Gasteiger partial charge on any atom is -0.496 e. The van der Waals surface area contributed by atoms with Crippen LogP contribution < -0.4 is 10.1 Å². The zero-order valence-electron chi connectivity index (χ0n) is 14.9. The Morgan fingerprint density at radius 3 is 2.48 bits per heavy atom. The number of rotatable bonds is 3. The third kappa shape index (κ3) is 4.71. The first-order chi connectivity index (χ1) is 12.9. The third-order valence-electron chi connectivity index (χ3n) is 4.80. The molecule has 1 saturated heterocycles. The summed E-state index contributed by atoms with van der Waals surface area (Å²) in [6.45, 7) is 1.49. The zero-order chi connectivity index (χ0) is 19.4. The molecule has 7 heteroatoms. The molecule has 0 spiro atoms. The summed E-state index contributed by atoms with van der Waals surface area (Å²) < 4.78 is 44.0. The molecular formula is C20H21F3N2OS. The van der Waals surface area contributed by atoms with Gasteiger partial charge in [0.25, 0.3) is 0 Å². The van der Waals surface area contributed by atoms with Gasteiger partial charge in [0.2, 0.25) is 0 Å². The van der Waals surface area contributed by atoms with Gasteiger partial charge in [-0.3, -0.25) is 0 Å². The van der Waals surface area contributed by atoms with Gasteiger partial charge < -0.3 is 15.0 Å². The lowest BCUT2D eigenvalue weighted by atomic mass is 9.89. The van der Waals surface area contributed by atoms with Crippen molar-refractivity contribution in [3.63, 3.8) is 0 Å². The highest BCUT2D eigenvalue weighted by molar-refractivity contribution is 7.80. The van der Waals surface area contributed by atoms with Gasteiger partial charge in [-0.15, -0.1) is 0 Å². The molecule has 3 rings (SSSR count). The highest BCUT2D eigenvalue weighted by Crippen LogP contribution is 2.34. The number of piperidine rings is 1. The van der Waals surface area contributed by atoms with Crippen LogP contribution in [0.15, 0.2) is 48.5 Å². The van der Waals surface area contributed by atoms with Gasteiger partial charge in [0.05, 0.1) is 12.7 Å². The molecule has 144 valence electrons. The van der Waals surface area contributed by atoms with Gasteiger partial charge >= 0.3 is 6.18 Å². The molecule has 0 radical (unpaired) electrons. The highest BCUT2D eigenvalue weighted by Gasteiger charge is 2.30. The van der Waals surface area contributed by atoms with E-state index in [1.165, 1.54) is 11.6 Å². The smallest absolute Gasteiger partial charge is 0.416 e. The Balaban J connectivity index is 1.61. The molecule has 1 fully saturated rings. The third-order valence-corrected chi connectivity index (χ3v) is 5.16. The van der Waals surface area contributed by atoms with Gasteiger partial charge in [0.1, 0.15) is 5.75 Å². The van der Waals surface area contributed by atoms with Crippen LogP contribution in [0, 0.1) is 0 Å². The number of hydrogen-bond acceptors (Lipinski definition) is 2. The average Bonchev–Trinajstić information content (AvgIpc) is 2.67. The van der Waals surface area contributed by atoms with E-state index in [1.54, 1.807) is 13.2 Å². The van der Waals surface area contributed by atoms with Crippen molar-refractivity contribution in [1.82, 2.24) is 4.90 Å². The number of benzene rings is 2. The minimum absolute atomic E-state index is 0.349. The van der Waals surface area contributed by atoms with Crippen molar-refractivity contribution >= 4 is 23.0 Å². The molecule has 0 unspecified atom stereocenters. The molecule has 0 aromatic heterocycles. The van der Waals surface area contributed by atoms with E-state index < -0.39 is 11.7 Å². The number of hydrogen-bond donors (Lipinski definition) is 1. The number of alkyl halides is 3. The number of likely N-dealkylation sites (tertiary alicyclic amines) is 1. The van der Waals surface area contributed by atoms with Crippen LogP contribution in [0.5, 0.6) is 5.75 Å². The molecule has 27 heavy (non-hydrogen) atoms. The summed E-state index contributed by atoms with van der Waals surface area (Å²) in [6.07, 6.45) is -2.55. The van der Waals surface area contributed by atoms with Gasteiger partial charge in [-0.2, -0.15) is 13.2 Å². The van der Waals surface area contributed by atoms with E-state index in [0.717, 1.165) is 43.8 Å². The molecule has 0 amide bonds. The van der Waals surface area contributed by atoms with Crippen molar-refractivity contribution in [1.29, 1.82) is 0 Å². The minimum atomic E-state index is -4.37. The maximum atomic E-state index is 12.8. The number of nitrogens with zero attached hydrogens (tertiary/aromatic N) is 1.